The third-order valence-electron chi connectivity index (χ3n) is 3.49. The van der Waals surface area contributed by atoms with Crippen molar-refractivity contribution in [2.45, 2.75) is 32.9 Å². The summed E-state index contributed by atoms with van der Waals surface area (Å²) in [5.41, 5.74) is 1.24. The fourth-order valence-electron chi connectivity index (χ4n) is 2.25. The number of rotatable bonds is 9. The Kier molecular flexibility index (Phi) is 7.00. The predicted octanol–water partition coefficient (Wildman–Crippen LogP) is 2.62. The van der Waals surface area contributed by atoms with Crippen LogP contribution in [0.1, 0.15) is 25.8 Å². The Morgan fingerprint density at radius 1 is 1.33 bits per heavy atom. The molecule has 118 valence electrons. The summed E-state index contributed by atoms with van der Waals surface area (Å²) in [6, 6.07) is 8.70. The largest absolute Gasteiger partial charge is 0.491 e. The van der Waals surface area contributed by atoms with E-state index < -0.39 is 0 Å². The minimum Gasteiger partial charge on any atom is -0.491 e. The normalized spacial score (nSPS) is 18.3. The summed E-state index contributed by atoms with van der Waals surface area (Å²) in [5, 5.41) is 3.40. The van der Waals surface area contributed by atoms with Gasteiger partial charge in [-0.2, -0.15) is 0 Å². The fourth-order valence-corrected chi connectivity index (χ4v) is 2.25. The van der Waals surface area contributed by atoms with Crippen molar-refractivity contribution in [1.82, 2.24) is 5.32 Å². The van der Waals surface area contributed by atoms with Crippen LogP contribution in [-0.2, 0) is 16.0 Å². The lowest BCUT2D eigenvalue weighted by Crippen LogP contribution is -2.21. The van der Waals surface area contributed by atoms with Crippen LogP contribution in [0.15, 0.2) is 24.3 Å². The molecule has 2 rings (SSSR count). The highest BCUT2D eigenvalue weighted by atomic mass is 16.5. The lowest BCUT2D eigenvalue weighted by atomic mass is 10.1. The van der Waals surface area contributed by atoms with E-state index in [-0.39, 0.29) is 0 Å². The van der Waals surface area contributed by atoms with Gasteiger partial charge in [0, 0.05) is 25.1 Å². The van der Waals surface area contributed by atoms with Crippen molar-refractivity contribution >= 4 is 0 Å². The number of nitrogens with one attached hydrogen (secondary N) is 1. The molecule has 1 unspecified atom stereocenters. The first-order valence-electron chi connectivity index (χ1n) is 7.84. The predicted molar refractivity (Wildman–Crippen MR) is 83.7 cm³/mol. The van der Waals surface area contributed by atoms with Crippen molar-refractivity contribution < 1.29 is 14.2 Å². The maximum Gasteiger partial charge on any atom is 0.119 e. The summed E-state index contributed by atoms with van der Waals surface area (Å²) in [6.07, 6.45) is 1.12. The van der Waals surface area contributed by atoms with Crippen LogP contribution in [0.3, 0.4) is 0 Å². The second-order valence-corrected chi connectivity index (χ2v) is 5.84. The van der Waals surface area contributed by atoms with Gasteiger partial charge in [0.1, 0.15) is 12.4 Å². The summed E-state index contributed by atoms with van der Waals surface area (Å²) in [6.45, 7) is 8.88. The van der Waals surface area contributed by atoms with Crippen LogP contribution in [-0.4, -0.2) is 39.1 Å². The Morgan fingerprint density at radius 2 is 2.24 bits per heavy atom. The molecule has 0 saturated carbocycles. The van der Waals surface area contributed by atoms with Gasteiger partial charge in [-0.15, -0.1) is 0 Å². The molecule has 4 heteroatoms. The zero-order valence-electron chi connectivity index (χ0n) is 13.1. The van der Waals surface area contributed by atoms with Crippen molar-refractivity contribution in [3.63, 3.8) is 0 Å². The fraction of sp³-hybridized carbons (Fsp3) is 0.647. The summed E-state index contributed by atoms with van der Waals surface area (Å²) < 4.78 is 16.7. The number of hydrogen-bond donors (Lipinski definition) is 1. The molecule has 0 amide bonds. The SMILES string of the molecule is CC(C)NCc1cccc(OCCOCC2CCOC2)c1. The van der Waals surface area contributed by atoms with Crippen LogP contribution in [0.5, 0.6) is 5.75 Å². The van der Waals surface area contributed by atoms with Gasteiger partial charge < -0.3 is 19.5 Å². The van der Waals surface area contributed by atoms with E-state index in [0.717, 1.165) is 38.5 Å². The van der Waals surface area contributed by atoms with Crippen molar-refractivity contribution in [2.24, 2.45) is 5.92 Å². The third kappa shape index (κ3) is 6.46. The van der Waals surface area contributed by atoms with Crippen LogP contribution in [0.25, 0.3) is 0 Å². The Morgan fingerprint density at radius 3 is 3.00 bits per heavy atom. The van der Waals surface area contributed by atoms with Crippen molar-refractivity contribution in [2.75, 3.05) is 33.0 Å². The second-order valence-electron chi connectivity index (χ2n) is 5.84. The maximum absolute atomic E-state index is 5.73. The Balaban J connectivity index is 1.62. The molecule has 1 aromatic carbocycles. The van der Waals surface area contributed by atoms with E-state index >= 15 is 0 Å². The maximum atomic E-state index is 5.73. The molecule has 0 spiro atoms. The zero-order valence-corrected chi connectivity index (χ0v) is 13.1. The van der Waals surface area contributed by atoms with Gasteiger partial charge >= 0.3 is 0 Å². The van der Waals surface area contributed by atoms with E-state index in [1.165, 1.54) is 5.56 Å². The highest BCUT2D eigenvalue weighted by Gasteiger charge is 2.15. The monoisotopic (exact) mass is 293 g/mol. The number of ether oxygens (including phenoxy) is 3. The molecule has 1 fully saturated rings. The van der Waals surface area contributed by atoms with Crippen LogP contribution < -0.4 is 10.1 Å². The number of hydrogen-bond acceptors (Lipinski definition) is 4. The first-order chi connectivity index (χ1) is 10.2. The highest BCUT2D eigenvalue weighted by Crippen LogP contribution is 2.14. The van der Waals surface area contributed by atoms with Crippen molar-refractivity contribution in [1.29, 1.82) is 0 Å². The van der Waals surface area contributed by atoms with Gasteiger partial charge in [-0.3, -0.25) is 0 Å². The van der Waals surface area contributed by atoms with E-state index in [1.807, 2.05) is 12.1 Å². The molecular weight excluding hydrogens is 266 g/mol. The molecule has 1 atom stereocenters. The van der Waals surface area contributed by atoms with Crippen molar-refractivity contribution in [3.05, 3.63) is 29.8 Å². The average molecular weight is 293 g/mol. The minimum atomic E-state index is 0.488. The minimum absolute atomic E-state index is 0.488. The quantitative estimate of drug-likeness (QED) is 0.711. The summed E-state index contributed by atoms with van der Waals surface area (Å²) in [4.78, 5) is 0. The van der Waals surface area contributed by atoms with E-state index in [9.17, 15) is 0 Å². The Hall–Kier alpha value is -1.10. The second kappa shape index (κ2) is 9.03. The van der Waals surface area contributed by atoms with Gasteiger partial charge in [-0.1, -0.05) is 26.0 Å². The van der Waals surface area contributed by atoms with Gasteiger partial charge in [-0.05, 0) is 24.1 Å². The molecule has 1 heterocycles. The van der Waals surface area contributed by atoms with E-state index in [0.29, 0.717) is 25.2 Å². The van der Waals surface area contributed by atoms with Crippen LogP contribution in [0.2, 0.25) is 0 Å². The molecule has 1 aliphatic heterocycles. The zero-order chi connectivity index (χ0) is 14.9. The van der Waals surface area contributed by atoms with Crippen molar-refractivity contribution in [3.8, 4) is 5.75 Å². The summed E-state index contributed by atoms with van der Waals surface area (Å²) >= 11 is 0. The van der Waals surface area contributed by atoms with E-state index in [1.54, 1.807) is 0 Å². The van der Waals surface area contributed by atoms with Crippen LogP contribution in [0, 0.1) is 5.92 Å². The van der Waals surface area contributed by atoms with E-state index in [2.05, 4.69) is 31.3 Å². The van der Waals surface area contributed by atoms with Gasteiger partial charge in [0.15, 0.2) is 0 Å². The summed E-state index contributed by atoms with van der Waals surface area (Å²) in [5.74, 6) is 1.47. The van der Waals surface area contributed by atoms with Gasteiger partial charge in [-0.25, -0.2) is 0 Å². The molecule has 1 aliphatic rings. The molecule has 1 N–H and O–H groups in total. The lowest BCUT2D eigenvalue weighted by Gasteiger charge is -2.11. The Bertz CT molecular complexity index is 403. The smallest absolute Gasteiger partial charge is 0.119 e. The highest BCUT2D eigenvalue weighted by molar-refractivity contribution is 5.28. The average Bonchev–Trinajstić information content (AvgIpc) is 2.98. The topological polar surface area (TPSA) is 39.7 Å². The lowest BCUT2D eigenvalue weighted by molar-refractivity contribution is 0.0684. The molecule has 0 radical (unpaired) electrons. The first-order valence-corrected chi connectivity index (χ1v) is 7.84. The van der Waals surface area contributed by atoms with Gasteiger partial charge in [0.25, 0.3) is 0 Å². The van der Waals surface area contributed by atoms with Crippen LogP contribution >= 0.6 is 0 Å². The van der Waals surface area contributed by atoms with E-state index in [4.69, 9.17) is 14.2 Å². The molecule has 21 heavy (non-hydrogen) atoms. The third-order valence-corrected chi connectivity index (χ3v) is 3.49. The number of benzene rings is 1. The van der Waals surface area contributed by atoms with Gasteiger partial charge in [0.2, 0.25) is 0 Å². The molecule has 0 bridgehead atoms. The van der Waals surface area contributed by atoms with Gasteiger partial charge in [0.05, 0.1) is 19.8 Å². The standard InChI is InChI=1S/C17H27NO3/c1-14(2)18-11-15-4-3-5-17(10-15)21-9-8-20-13-16-6-7-19-12-16/h3-5,10,14,16,18H,6-9,11-13H2,1-2H3. The molecule has 0 aliphatic carbocycles. The molecular formula is C17H27NO3. The molecule has 4 nitrogen and oxygen atoms in total. The molecule has 0 aromatic heterocycles. The molecule has 1 saturated heterocycles. The van der Waals surface area contributed by atoms with Crippen LogP contribution in [0.4, 0.5) is 0 Å². The Labute approximate surface area is 127 Å². The first kappa shape index (κ1) is 16.3. The molecule has 1 aromatic rings. The summed E-state index contributed by atoms with van der Waals surface area (Å²) in [7, 11) is 0.